The topological polar surface area (TPSA) is 72.8 Å². The maximum atomic E-state index is 12.0. The lowest BCUT2D eigenvalue weighted by molar-refractivity contribution is -0.137. The fraction of sp³-hybridized carbons (Fsp3) is 0.680. The van der Waals surface area contributed by atoms with Crippen molar-refractivity contribution in [1.82, 2.24) is 0 Å². The van der Waals surface area contributed by atoms with E-state index in [1.165, 1.54) is 44.9 Å². The molecule has 0 heterocycles. The summed E-state index contributed by atoms with van der Waals surface area (Å²) < 4.78 is 11.1. The molecule has 1 N–H and O–H groups in total. The monoisotopic (exact) mass is 420 g/mol. The van der Waals surface area contributed by atoms with Gasteiger partial charge in [-0.3, -0.25) is 4.79 Å². The number of hydrogen-bond acceptors (Lipinski definition) is 4. The third-order valence-corrected chi connectivity index (χ3v) is 4.79. The summed E-state index contributed by atoms with van der Waals surface area (Å²) >= 11 is 0. The van der Waals surface area contributed by atoms with Gasteiger partial charge in [-0.05, 0) is 57.9 Å². The van der Waals surface area contributed by atoms with Crippen molar-refractivity contribution in [3.63, 3.8) is 0 Å². The number of unbranched alkanes of at least 4 members (excludes halogenated alkanes) is 10. The molecule has 1 rings (SSSR count). The molecule has 5 heteroatoms. The molecule has 0 aliphatic carbocycles. The highest BCUT2D eigenvalue weighted by Gasteiger charge is 2.17. The highest BCUT2D eigenvalue weighted by molar-refractivity contribution is 5.89. The second-order valence-corrected chi connectivity index (χ2v) is 8.91. The van der Waals surface area contributed by atoms with Crippen molar-refractivity contribution >= 4 is 11.9 Å². The van der Waals surface area contributed by atoms with Crippen LogP contribution in [0.1, 0.15) is 108 Å². The summed E-state index contributed by atoms with van der Waals surface area (Å²) in [7, 11) is 0. The summed E-state index contributed by atoms with van der Waals surface area (Å²) in [5.41, 5.74) is 0.0489. The summed E-state index contributed by atoms with van der Waals surface area (Å²) in [5, 5.41) is 8.58. The first kappa shape index (κ1) is 26.0. The molecular formula is C25H40O5. The van der Waals surface area contributed by atoms with E-state index in [1.807, 2.05) is 32.9 Å². The Labute approximate surface area is 182 Å². The fourth-order valence-corrected chi connectivity index (χ4v) is 3.18. The summed E-state index contributed by atoms with van der Waals surface area (Å²) in [6.07, 6.45) is 13.1. The number of ether oxygens (including phenoxy) is 2. The Hall–Kier alpha value is -2.04. The van der Waals surface area contributed by atoms with Crippen LogP contribution in [0.25, 0.3) is 0 Å². The molecule has 0 amide bonds. The van der Waals surface area contributed by atoms with Gasteiger partial charge in [0.1, 0.15) is 11.4 Å². The molecule has 5 nitrogen and oxygen atoms in total. The van der Waals surface area contributed by atoms with E-state index in [0.717, 1.165) is 31.4 Å². The van der Waals surface area contributed by atoms with Crippen molar-refractivity contribution in [3.8, 4) is 5.75 Å². The third-order valence-electron chi connectivity index (χ3n) is 4.79. The van der Waals surface area contributed by atoms with Crippen LogP contribution >= 0.6 is 0 Å². The first-order valence-corrected chi connectivity index (χ1v) is 11.5. The molecule has 0 atom stereocenters. The van der Waals surface area contributed by atoms with E-state index < -0.39 is 11.6 Å². The molecule has 1 aromatic rings. The van der Waals surface area contributed by atoms with E-state index in [-0.39, 0.29) is 5.97 Å². The molecule has 0 aliphatic heterocycles. The van der Waals surface area contributed by atoms with Crippen LogP contribution in [0.5, 0.6) is 5.75 Å². The van der Waals surface area contributed by atoms with E-state index >= 15 is 0 Å². The number of benzene rings is 1. The number of carbonyl (C=O) groups is 2. The van der Waals surface area contributed by atoms with Gasteiger partial charge in [0.05, 0.1) is 12.2 Å². The van der Waals surface area contributed by atoms with Gasteiger partial charge < -0.3 is 14.6 Å². The second kappa shape index (κ2) is 14.9. The average Bonchev–Trinajstić information content (AvgIpc) is 2.67. The highest BCUT2D eigenvalue weighted by atomic mass is 16.6. The number of carbonyl (C=O) groups excluding carboxylic acids is 1. The molecule has 0 saturated carbocycles. The number of carboxylic acid groups (broad SMARTS) is 1. The third kappa shape index (κ3) is 14.0. The number of esters is 1. The van der Waals surface area contributed by atoms with E-state index in [1.54, 1.807) is 12.1 Å². The normalized spacial score (nSPS) is 11.3. The highest BCUT2D eigenvalue weighted by Crippen LogP contribution is 2.17. The van der Waals surface area contributed by atoms with Gasteiger partial charge in [0.25, 0.3) is 0 Å². The van der Waals surface area contributed by atoms with Gasteiger partial charge >= 0.3 is 11.9 Å². The van der Waals surface area contributed by atoms with Crippen LogP contribution in [0.4, 0.5) is 0 Å². The van der Waals surface area contributed by atoms with Crippen molar-refractivity contribution in [2.24, 2.45) is 0 Å². The minimum absolute atomic E-state index is 0.307. The van der Waals surface area contributed by atoms with Gasteiger partial charge in [-0.25, -0.2) is 4.79 Å². The van der Waals surface area contributed by atoms with Gasteiger partial charge in [0, 0.05) is 6.42 Å². The fourth-order valence-electron chi connectivity index (χ4n) is 3.18. The van der Waals surface area contributed by atoms with Crippen molar-refractivity contribution < 1.29 is 24.2 Å². The zero-order valence-corrected chi connectivity index (χ0v) is 19.1. The predicted molar refractivity (Wildman–Crippen MR) is 120 cm³/mol. The first-order chi connectivity index (χ1) is 14.3. The average molecular weight is 421 g/mol. The Morgan fingerprint density at radius 1 is 0.767 bits per heavy atom. The van der Waals surface area contributed by atoms with Crippen molar-refractivity contribution in [2.45, 2.75) is 103 Å². The van der Waals surface area contributed by atoms with E-state index in [0.29, 0.717) is 18.6 Å². The van der Waals surface area contributed by atoms with Gasteiger partial charge in [0.15, 0.2) is 0 Å². The number of aliphatic carboxylic acids is 1. The van der Waals surface area contributed by atoms with Crippen molar-refractivity contribution in [2.75, 3.05) is 6.61 Å². The largest absolute Gasteiger partial charge is 0.494 e. The molecular weight excluding hydrogens is 380 g/mol. The van der Waals surface area contributed by atoms with Crippen LogP contribution in [0.2, 0.25) is 0 Å². The number of hydrogen-bond donors (Lipinski definition) is 1. The lowest BCUT2D eigenvalue weighted by Crippen LogP contribution is -2.23. The van der Waals surface area contributed by atoms with E-state index in [9.17, 15) is 9.59 Å². The molecule has 0 fully saturated rings. The molecule has 170 valence electrons. The van der Waals surface area contributed by atoms with Crippen molar-refractivity contribution in [3.05, 3.63) is 29.8 Å². The van der Waals surface area contributed by atoms with Gasteiger partial charge in [-0.2, -0.15) is 0 Å². The van der Waals surface area contributed by atoms with Crippen LogP contribution in [-0.4, -0.2) is 29.3 Å². The van der Waals surface area contributed by atoms with Crippen molar-refractivity contribution in [1.29, 1.82) is 0 Å². The maximum absolute atomic E-state index is 12.0. The minimum Gasteiger partial charge on any atom is -0.494 e. The first-order valence-electron chi connectivity index (χ1n) is 11.5. The van der Waals surface area contributed by atoms with E-state index in [4.69, 9.17) is 14.6 Å². The van der Waals surface area contributed by atoms with Crippen LogP contribution in [0.15, 0.2) is 24.3 Å². The van der Waals surface area contributed by atoms with Gasteiger partial charge in [0.2, 0.25) is 0 Å². The Kier molecular flexibility index (Phi) is 12.9. The number of rotatable bonds is 16. The zero-order valence-electron chi connectivity index (χ0n) is 19.1. The molecule has 30 heavy (non-hydrogen) atoms. The summed E-state index contributed by atoms with van der Waals surface area (Å²) in [5.74, 6) is -0.214. The zero-order chi connectivity index (χ0) is 22.2. The van der Waals surface area contributed by atoms with Crippen LogP contribution in [0.3, 0.4) is 0 Å². The summed E-state index contributed by atoms with van der Waals surface area (Å²) in [4.78, 5) is 22.4. The van der Waals surface area contributed by atoms with E-state index in [2.05, 4.69) is 0 Å². The Morgan fingerprint density at radius 3 is 1.70 bits per heavy atom. The quantitative estimate of drug-likeness (QED) is 0.235. The van der Waals surface area contributed by atoms with Crippen LogP contribution in [0, 0.1) is 0 Å². The Morgan fingerprint density at radius 2 is 1.23 bits per heavy atom. The lowest BCUT2D eigenvalue weighted by atomic mass is 10.1. The Bertz CT molecular complexity index is 601. The molecule has 0 spiro atoms. The smallest absolute Gasteiger partial charge is 0.338 e. The summed E-state index contributed by atoms with van der Waals surface area (Å²) in [6, 6.07) is 7.13. The minimum atomic E-state index is -0.684. The lowest BCUT2D eigenvalue weighted by Gasteiger charge is -2.19. The number of carboxylic acids is 1. The SMILES string of the molecule is CC(C)(C)OC(=O)c1ccc(OCCCCCCCCCCCCCC(=O)O)cc1. The molecule has 0 bridgehead atoms. The molecule has 0 aromatic heterocycles. The standard InChI is InChI=1S/C25H40O5/c1-25(2,3)30-24(28)21-16-18-22(19-17-21)29-20-14-12-10-8-6-4-5-7-9-11-13-15-23(26)27/h16-19H,4-15,20H2,1-3H3,(H,26,27). The second-order valence-electron chi connectivity index (χ2n) is 8.91. The summed E-state index contributed by atoms with van der Waals surface area (Å²) in [6.45, 7) is 6.27. The van der Waals surface area contributed by atoms with Crippen LogP contribution in [-0.2, 0) is 9.53 Å². The molecule has 0 unspecified atom stereocenters. The van der Waals surface area contributed by atoms with Gasteiger partial charge in [-0.1, -0.05) is 57.8 Å². The molecule has 0 aliphatic rings. The predicted octanol–water partition coefficient (Wildman–Crippen LogP) is 6.79. The molecule has 0 radical (unpaired) electrons. The molecule has 0 saturated heterocycles. The maximum Gasteiger partial charge on any atom is 0.338 e. The Balaban J connectivity index is 1.97. The van der Waals surface area contributed by atoms with Gasteiger partial charge in [-0.15, -0.1) is 0 Å². The van der Waals surface area contributed by atoms with Crippen LogP contribution < -0.4 is 4.74 Å². The molecule has 1 aromatic carbocycles.